The van der Waals surface area contributed by atoms with Gasteiger partial charge in [-0.1, -0.05) is 18.7 Å². The number of nitrogens with zero attached hydrogens (tertiary/aromatic N) is 3. The number of morpholine rings is 1. The minimum absolute atomic E-state index is 0.108. The molecule has 4 rings (SSSR count). The molecule has 4 heterocycles. The number of carbonyl (C=O) groups is 1. The molecule has 26 heavy (non-hydrogen) atoms. The van der Waals surface area contributed by atoms with E-state index in [1.165, 1.54) is 23.1 Å². The third-order valence-electron chi connectivity index (χ3n) is 4.23. The van der Waals surface area contributed by atoms with E-state index < -0.39 is 5.92 Å². The average molecular weight is 390 g/mol. The smallest absolute Gasteiger partial charge is 0.196 e. The molecular weight excluding hydrogens is 372 g/mol. The minimum Gasteiger partial charge on any atom is -0.441 e. The number of nitrogens with one attached hydrogen (secondary N) is 1. The van der Waals surface area contributed by atoms with Crippen LogP contribution < -0.4 is 4.90 Å². The Morgan fingerprint density at radius 2 is 2.15 bits per heavy atom. The van der Waals surface area contributed by atoms with Gasteiger partial charge in [0, 0.05) is 19.2 Å². The van der Waals surface area contributed by atoms with Crippen LogP contribution in [0.2, 0.25) is 0 Å². The summed E-state index contributed by atoms with van der Waals surface area (Å²) in [5, 5.41) is 18.1. The molecule has 2 fully saturated rings. The summed E-state index contributed by atoms with van der Waals surface area (Å²) < 4.78 is 11.2. The van der Waals surface area contributed by atoms with Crippen molar-refractivity contribution in [1.82, 2.24) is 10.2 Å². The molecular formula is C17H18N4O3S2. The van der Waals surface area contributed by atoms with Crippen molar-refractivity contribution < 1.29 is 13.9 Å². The molecule has 2 saturated heterocycles. The Bertz CT molecular complexity index is 867. The molecule has 0 saturated carbocycles. The van der Waals surface area contributed by atoms with Crippen molar-refractivity contribution in [2.24, 2.45) is 0 Å². The first-order chi connectivity index (χ1) is 12.7. The summed E-state index contributed by atoms with van der Waals surface area (Å²) in [4.78, 5) is 15.4. The van der Waals surface area contributed by atoms with Crippen LogP contribution in [0.25, 0.3) is 6.08 Å². The molecule has 0 aromatic carbocycles. The molecule has 0 amide bonds. The summed E-state index contributed by atoms with van der Waals surface area (Å²) in [5.74, 6) is 0.655. The Labute approximate surface area is 158 Å². The minimum atomic E-state index is -0.627. The van der Waals surface area contributed by atoms with E-state index in [2.05, 4.69) is 15.1 Å². The highest BCUT2D eigenvalue weighted by atomic mass is 32.2. The van der Waals surface area contributed by atoms with E-state index in [0.717, 1.165) is 30.4 Å². The van der Waals surface area contributed by atoms with Gasteiger partial charge in [-0.2, -0.15) is 0 Å². The lowest BCUT2D eigenvalue weighted by Crippen LogP contribution is -2.35. The van der Waals surface area contributed by atoms with Crippen LogP contribution in [0.15, 0.2) is 21.5 Å². The fraction of sp³-hybridized carbons (Fsp3) is 0.412. The zero-order chi connectivity index (χ0) is 18.1. The standard InChI is InChI=1S/C17H18N4O3S2/c1-2-12-19-20-17(26-12)14-15(22)11(25-16(14)18)9-10-3-4-13(24-10)21-5-7-23-8-6-21/h3-4,9,14,18H,2,5-8H2,1H3/b11-9-,18-16?/t14-/m1/s1. The molecule has 2 aliphatic rings. The number of aromatic nitrogens is 2. The van der Waals surface area contributed by atoms with Crippen molar-refractivity contribution in [3.63, 3.8) is 0 Å². The van der Waals surface area contributed by atoms with Crippen molar-refractivity contribution in [3.8, 4) is 0 Å². The Balaban J connectivity index is 1.53. The number of rotatable bonds is 4. The maximum Gasteiger partial charge on any atom is 0.196 e. The van der Waals surface area contributed by atoms with Gasteiger partial charge in [0.05, 0.1) is 23.2 Å². The van der Waals surface area contributed by atoms with Crippen LogP contribution in [0.1, 0.15) is 28.6 Å². The summed E-state index contributed by atoms with van der Waals surface area (Å²) in [7, 11) is 0. The van der Waals surface area contributed by atoms with Crippen LogP contribution in [0.4, 0.5) is 5.88 Å². The quantitative estimate of drug-likeness (QED) is 0.802. The van der Waals surface area contributed by atoms with E-state index in [0.29, 0.717) is 33.9 Å². The van der Waals surface area contributed by atoms with Crippen molar-refractivity contribution in [3.05, 3.63) is 32.8 Å². The summed E-state index contributed by atoms with van der Waals surface area (Å²) in [6.07, 6.45) is 2.49. The number of ketones is 1. The lowest BCUT2D eigenvalue weighted by molar-refractivity contribution is -0.114. The zero-order valence-electron chi connectivity index (χ0n) is 14.2. The monoisotopic (exact) mass is 390 g/mol. The first kappa shape index (κ1) is 17.4. The molecule has 0 radical (unpaired) electrons. The fourth-order valence-electron chi connectivity index (χ4n) is 2.84. The second-order valence-corrected chi connectivity index (χ2v) is 8.11. The number of hydrogen-bond donors (Lipinski definition) is 1. The molecule has 7 nitrogen and oxygen atoms in total. The Morgan fingerprint density at radius 3 is 2.88 bits per heavy atom. The molecule has 2 aromatic heterocycles. The largest absolute Gasteiger partial charge is 0.441 e. The summed E-state index contributed by atoms with van der Waals surface area (Å²) in [6, 6.07) is 3.76. The third-order valence-corrected chi connectivity index (χ3v) is 6.35. The van der Waals surface area contributed by atoms with Gasteiger partial charge in [-0.25, -0.2) is 0 Å². The highest BCUT2D eigenvalue weighted by molar-refractivity contribution is 8.19. The molecule has 1 N–H and O–H groups in total. The summed E-state index contributed by atoms with van der Waals surface area (Å²) in [6.45, 7) is 4.95. The molecule has 0 aliphatic carbocycles. The van der Waals surface area contributed by atoms with E-state index >= 15 is 0 Å². The van der Waals surface area contributed by atoms with Gasteiger partial charge in [0.25, 0.3) is 0 Å². The lowest BCUT2D eigenvalue weighted by atomic mass is 10.1. The fourth-order valence-corrected chi connectivity index (χ4v) is 4.78. The number of furan rings is 1. The van der Waals surface area contributed by atoms with E-state index in [1.54, 1.807) is 6.08 Å². The van der Waals surface area contributed by atoms with Crippen LogP contribution in [0.5, 0.6) is 0 Å². The topological polar surface area (TPSA) is 92.3 Å². The molecule has 9 heteroatoms. The lowest BCUT2D eigenvalue weighted by Gasteiger charge is -2.26. The molecule has 0 bridgehead atoms. The van der Waals surface area contributed by atoms with Crippen LogP contribution >= 0.6 is 23.1 Å². The van der Waals surface area contributed by atoms with Gasteiger partial charge < -0.3 is 14.1 Å². The van der Waals surface area contributed by atoms with Crippen LogP contribution in [-0.4, -0.2) is 47.3 Å². The second-order valence-electron chi connectivity index (χ2n) is 5.94. The Morgan fingerprint density at radius 1 is 1.35 bits per heavy atom. The van der Waals surface area contributed by atoms with E-state index in [9.17, 15) is 4.79 Å². The number of allylic oxidation sites excluding steroid dienone is 1. The third kappa shape index (κ3) is 3.34. The van der Waals surface area contributed by atoms with Crippen molar-refractivity contribution in [2.45, 2.75) is 19.3 Å². The Hall–Kier alpha value is -1.97. The van der Waals surface area contributed by atoms with E-state index in [1.807, 2.05) is 19.1 Å². The summed E-state index contributed by atoms with van der Waals surface area (Å²) in [5.41, 5.74) is 0. The van der Waals surface area contributed by atoms with Gasteiger partial charge in [-0.15, -0.1) is 21.5 Å². The molecule has 2 aromatic rings. The SMILES string of the molecule is CCc1nnc([C@H]2C(=N)S/C(=C\c3ccc(N4CCOCC4)o3)C2=O)s1. The molecule has 1 atom stereocenters. The van der Waals surface area contributed by atoms with Crippen LogP contribution in [-0.2, 0) is 16.0 Å². The highest BCUT2D eigenvalue weighted by Crippen LogP contribution is 2.41. The van der Waals surface area contributed by atoms with Gasteiger partial charge in [0.15, 0.2) is 11.7 Å². The molecule has 136 valence electrons. The van der Waals surface area contributed by atoms with Crippen LogP contribution in [0, 0.1) is 5.41 Å². The number of aryl methyl sites for hydroxylation is 1. The Kier molecular flexibility index (Phi) is 4.92. The number of hydrogen-bond acceptors (Lipinski definition) is 9. The number of ether oxygens (including phenoxy) is 1. The van der Waals surface area contributed by atoms with Gasteiger partial charge in [0.2, 0.25) is 0 Å². The molecule has 2 aliphatic heterocycles. The molecule has 0 unspecified atom stereocenters. The van der Waals surface area contributed by atoms with Crippen molar-refractivity contribution in [1.29, 1.82) is 5.41 Å². The first-order valence-corrected chi connectivity index (χ1v) is 10.1. The van der Waals surface area contributed by atoms with Crippen molar-refractivity contribution in [2.75, 3.05) is 31.2 Å². The number of anilines is 1. The predicted molar refractivity (Wildman–Crippen MR) is 102 cm³/mol. The zero-order valence-corrected chi connectivity index (χ0v) is 15.9. The van der Waals surface area contributed by atoms with Crippen LogP contribution in [0.3, 0.4) is 0 Å². The normalized spacial score (nSPS) is 22.6. The second kappa shape index (κ2) is 7.34. The number of carbonyl (C=O) groups excluding carboxylic acids is 1. The highest BCUT2D eigenvalue weighted by Gasteiger charge is 2.39. The predicted octanol–water partition coefficient (Wildman–Crippen LogP) is 2.95. The van der Waals surface area contributed by atoms with Crippen molar-refractivity contribution >= 4 is 45.9 Å². The molecule has 0 spiro atoms. The first-order valence-electron chi connectivity index (χ1n) is 8.42. The van der Waals surface area contributed by atoms with Gasteiger partial charge in [-0.3, -0.25) is 10.2 Å². The summed E-state index contributed by atoms with van der Waals surface area (Å²) >= 11 is 2.58. The number of thioether (sulfide) groups is 1. The van der Waals surface area contributed by atoms with Gasteiger partial charge >= 0.3 is 0 Å². The van der Waals surface area contributed by atoms with E-state index in [4.69, 9.17) is 14.6 Å². The number of Topliss-reactive ketones (excluding diaryl/α,β-unsaturated/α-hetero) is 1. The van der Waals surface area contributed by atoms with E-state index in [-0.39, 0.29) is 5.78 Å². The van der Waals surface area contributed by atoms with Gasteiger partial charge in [-0.05, 0) is 18.6 Å². The maximum absolute atomic E-state index is 12.8. The van der Waals surface area contributed by atoms with Gasteiger partial charge in [0.1, 0.15) is 21.7 Å². The maximum atomic E-state index is 12.8. The average Bonchev–Trinajstić information content (AvgIpc) is 3.36.